The van der Waals surface area contributed by atoms with Crippen LogP contribution in [0.25, 0.3) is 0 Å². The van der Waals surface area contributed by atoms with E-state index in [1.807, 2.05) is 24.3 Å². The molecule has 0 heterocycles. The van der Waals surface area contributed by atoms with Gasteiger partial charge in [-0.25, -0.2) is 0 Å². The number of halogens is 1. The highest BCUT2D eigenvalue weighted by atomic mass is 79.9. The second-order valence-electron chi connectivity index (χ2n) is 6.64. The van der Waals surface area contributed by atoms with Gasteiger partial charge >= 0.3 is 0 Å². The number of hydrogen-bond donors (Lipinski definition) is 2. The van der Waals surface area contributed by atoms with Crippen molar-refractivity contribution in [1.82, 2.24) is 10.2 Å². The number of benzene rings is 1. The van der Waals surface area contributed by atoms with Crippen molar-refractivity contribution in [2.24, 2.45) is 5.92 Å². The van der Waals surface area contributed by atoms with E-state index in [2.05, 4.69) is 33.5 Å². The maximum absolute atomic E-state index is 12.2. The molecule has 1 aromatic carbocycles. The Bertz CT molecular complexity index is 579. The summed E-state index contributed by atoms with van der Waals surface area (Å²) in [6.45, 7) is 2.60. The SMILES string of the molecule is C[C@H]1CCCC[C@@H]1NC(=O)CN(C)CC(=O)Nc1ccccc1Br. The lowest BCUT2D eigenvalue weighted by Gasteiger charge is -2.30. The van der Waals surface area contributed by atoms with Crippen LogP contribution in [-0.4, -0.2) is 42.9 Å². The molecule has 2 N–H and O–H groups in total. The number of hydrogen-bond acceptors (Lipinski definition) is 3. The van der Waals surface area contributed by atoms with Crippen molar-refractivity contribution in [1.29, 1.82) is 0 Å². The van der Waals surface area contributed by atoms with Crippen molar-refractivity contribution in [3.63, 3.8) is 0 Å². The van der Waals surface area contributed by atoms with Gasteiger partial charge in [-0.3, -0.25) is 14.5 Å². The Morgan fingerprint density at radius 1 is 1.17 bits per heavy atom. The Labute approximate surface area is 152 Å². The summed E-state index contributed by atoms with van der Waals surface area (Å²) in [6, 6.07) is 7.73. The molecule has 0 bridgehead atoms. The van der Waals surface area contributed by atoms with Crippen molar-refractivity contribution < 1.29 is 9.59 Å². The Kier molecular flexibility index (Phi) is 7.24. The third kappa shape index (κ3) is 5.91. The molecule has 0 aromatic heterocycles. The molecule has 0 spiro atoms. The van der Waals surface area contributed by atoms with Crippen molar-refractivity contribution in [3.8, 4) is 0 Å². The summed E-state index contributed by atoms with van der Waals surface area (Å²) in [5, 5.41) is 5.96. The predicted octanol–water partition coefficient (Wildman–Crippen LogP) is 3.01. The number of para-hydroxylation sites is 1. The fourth-order valence-electron chi connectivity index (χ4n) is 3.08. The molecule has 1 saturated carbocycles. The zero-order valence-electron chi connectivity index (χ0n) is 14.3. The third-order valence-corrected chi connectivity index (χ3v) is 5.12. The molecule has 1 aliphatic rings. The molecule has 2 atom stereocenters. The number of likely N-dealkylation sites (N-methyl/N-ethyl adjacent to an activating group) is 1. The smallest absolute Gasteiger partial charge is 0.238 e. The Hall–Kier alpha value is -1.40. The Morgan fingerprint density at radius 3 is 2.54 bits per heavy atom. The largest absolute Gasteiger partial charge is 0.352 e. The molecule has 24 heavy (non-hydrogen) atoms. The highest BCUT2D eigenvalue weighted by molar-refractivity contribution is 9.10. The molecule has 6 heteroatoms. The van der Waals surface area contributed by atoms with E-state index in [1.54, 1.807) is 11.9 Å². The number of rotatable bonds is 6. The first-order chi connectivity index (χ1) is 11.5. The van der Waals surface area contributed by atoms with E-state index in [4.69, 9.17) is 0 Å². The summed E-state index contributed by atoms with van der Waals surface area (Å²) in [7, 11) is 1.78. The highest BCUT2D eigenvalue weighted by Crippen LogP contribution is 2.23. The normalized spacial score (nSPS) is 20.7. The number of amides is 2. The van der Waals surface area contributed by atoms with Crippen LogP contribution in [0.2, 0.25) is 0 Å². The molecule has 0 radical (unpaired) electrons. The van der Waals surface area contributed by atoms with Crippen molar-refractivity contribution >= 4 is 33.4 Å². The van der Waals surface area contributed by atoms with E-state index in [1.165, 1.54) is 19.3 Å². The zero-order valence-corrected chi connectivity index (χ0v) is 15.9. The lowest BCUT2D eigenvalue weighted by atomic mass is 9.86. The van der Waals surface area contributed by atoms with Gasteiger partial charge in [-0.2, -0.15) is 0 Å². The van der Waals surface area contributed by atoms with Crippen LogP contribution in [0, 0.1) is 5.92 Å². The number of nitrogens with one attached hydrogen (secondary N) is 2. The van der Waals surface area contributed by atoms with Gasteiger partial charge in [-0.15, -0.1) is 0 Å². The van der Waals surface area contributed by atoms with Crippen molar-refractivity contribution in [2.45, 2.75) is 38.6 Å². The summed E-state index contributed by atoms with van der Waals surface area (Å²) in [5.74, 6) is 0.389. The molecule has 0 aliphatic heterocycles. The van der Waals surface area contributed by atoms with E-state index >= 15 is 0 Å². The van der Waals surface area contributed by atoms with E-state index in [0.29, 0.717) is 5.92 Å². The maximum Gasteiger partial charge on any atom is 0.238 e. The number of carbonyl (C=O) groups is 2. The van der Waals surface area contributed by atoms with Gasteiger partial charge in [0.15, 0.2) is 0 Å². The molecule has 2 amide bonds. The minimum atomic E-state index is -0.136. The van der Waals surface area contributed by atoms with Crippen LogP contribution in [0.1, 0.15) is 32.6 Å². The molecule has 2 rings (SSSR count). The van der Waals surface area contributed by atoms with Gasteiger partial charge in [-0.1, -0.05) is 31.9 Å². The maximum atomic E-state index is 12.2. The molecule has 1 fully saturated rings. The van der Waals surface area contributed by atoms with Crippen molar-refractivity contribution in [3.05, 3.63) is 28.7 Å². The van der Waals surface area contributed by atoms with Gasteiger partial charge in [0.1, 0.15) is 0 Å². The van der Waals surface area contributed by atoms with Gasteiger partial charge in [0.25, 0.3) is 0 Å². The van der Waals surface area contributed by atoms with Crippen LogP contribution in [-0.2, 0) is 9.59 Å². The van der Waals surface area contributed by atoms with Gasteiger partial charge in [0, 0.05) is 10.5 Å². The number of carbonyl (C=O) groups excluding carboxylic acids is 2. The van der Waals surface area contributed by atoms with Crippen LogP contribution in [0.5, 0.6) is 0 Å². The first-order valence-corrected chi connectivity index (χ1v) is 9.27. The molecule has 1 aliphatic carbocycles. The van der Waals surface area contributed by atoms with Crippen LogP contribution >= 0.6 is 15.9 Å². The third-order valence-electron chi connectivity index (χ3n) is 4.43. The van der Waals surface area contributed by atoms with Crippen LogP contribution in [0.15, 0.2) is 28.7 Å². The molecular formula is C18H26BrN3O2. The Morgan fingerprint density at radius 2 is 1.83 bits per heavy atom. The minimum Gasteiger partial charge on any atom is -0.352 e. The monoisotopic (exact) mass is 395 g/mol. The molecular weight excluding hydrogens is 370 g/mol. The molecule has 132 valence electrons. The predicted molar refractivity (Wildman–Crippen MR) is 99.8 cm³/mol. The summed E-state index contributed by atoms with van der Waals surface area (Å²) >= 11 is 3.40. The first kappa shape index (κ1) is 18.9. The summed E-state index contributed by atoms with van der Waals surface area (Å²) in [6.07, 6.45) is 4.66. The lowest BCUT2D eigenvalue weighted by molar-refractivity contribution is -0.124. The quantitative estimate of drug-likeness (QED) is 0.777. The number of anilines is 1. The number of nitrogens with zero attached hydrogens (tertiary/aromatic N) is 1. The fraction of sp³-hybridized carbons (Fsp3) is 0.556. The van der Waals surface area contributed by atoms with Crippen molar-refractivity contribution in [2.75, 3.05) is 25.5 Å². The highest BCUT2D eigenvalue weighted by Gasteiger charge is 2.23. The van der Waals surface area contributed by atoms with E-state index in [9.17, 15) is 9.59 Å². The Balaban J connectivity index is 1.75. The second kappa shape index (κ2) is 9.18. The average molecular weight is 396 g/mol. The molecule has 0 unspecified atom stereocenters. The summed E-state index contributed by atoms with van der Waals surface area (Å²) in [5.41, 5.74) is 0.733. The topological polar surface area (TPSA) is 61.4 Å². The van der Waals surface area contributed by atoms with E-state index < -0.39 is 0 Å². The zero-order chi connectivity index (χ0) is 17.5. The second-order valence-corrected chi connectivity index (χ2v) is 7.49. The van der Waals surface area contributed by atoms with Gasteiger partial charge in [0.2, 0.25) is 11.8 Å². The van der Waals surface area contributed by atoms with Gasteiger partial charge < -0.3 is 10.6 Å². The van der Waals surface area contributed by atoms with E-state index in [-0.39, 0.29) is 30.9 Å². The van der Waals surface area contributed by atoms with E-state index in [0.717, 1.165) is 16.6 Å². The van der Waals surface area contributed by atoms with Gasteiger partial charge in [-0.05, 0) is 53.9 Å². The summed E-state index contributed by atoms with van der Waals surface area (Å²) < 4.78 is 0.838. The van der Waals surface area contributed by atoms with Gasteiger partial charge in [0.05, 0.1) is 18.8 Å². The fourth-order valence-corrected chi connectivity index (χ4v) is 3.47. The standard InChI is InChI=1S/C18H26BrN3O2/c1-13-7-3-5-9-15(13)20-17(23)11-22(2)12-18(24)21-16-10-6-4-8-14(16)19/h4,6,8,10,13,15H,3,5,7,9,11-12H2,1-2H3,(H,20,23)(H,21,24)/t13-,15-/m0/s1. The summed E-state index contributed by atoms with van der Waals surface area (Å²) in [4.78, 5) is 26.0. The average Bonchev–Trinajstić information content (AvgIpc) is 2.51. The van der Waals surface area contributed by atoms with Crippen LogP contribution < -0.4 is 10.6 Å². The molecule has 1 aromatic rings. The molecule has 0 saturated heterocycles. The molecule has 5 nitrogen and oxygen atoms in total. The first-order valence-electron chi connectivity index (χ1n) is 8.48. The lowest BCUT2D eigenvalue weighted by Crippen LogP contribution is -2.46. The minimum absolute atomic E-state index is 0.00931. The van der Waals surface area contributed by atoms with Crippen LogP contribution in [0.3, 0.4) is 0 Å². The van der Waals surface area contributed by atoms with Crippen LogP contribution in [0.4, 0.5) is 5.69 Å².